The van der Waals surface area contributed by atoms with E-state index in [0.29, 0.717) is 12.1 Å². The summed E-state index contributed by atoms with van der Waals surface area (Å²) >= 11 is 0. The molecule has 0 saturated carbocycles. The molecule has 0 aromatic carbocycles. The highest BCUT2D eigenvalue weighted by molar-refractivity contribution is 5.88. The summed E-state index contributed by atoms with van der Waals surface area (Å²) in [5.41, 5.74) is 0.842. The van der Waals surface area contributed by atoms with Gasteiger partial charge in [-0.1, -0.05) is 13.3 Å². The SMILES string of the molecule is CCCCNC(=O)Cn1ccc(C)c1C(=O)O. The third-order valence-electron chi connectivity index (χ3n) is 2.53. The van der Waals surface area contributed by atoms with E-state index in [2.05, 4.69) is 5.32 Å². The van der Waals surface area contributed by atoms with Gasteiger partial charge in [-0.05, 0) is 25.0 Å². The Hall–Kier alpha value is -1.78. The van der Waals surface area contributed by atoms with Crippen LogP contribution in [0.1, 0.15) is 35.8 Å². The molecule has 0 bridgehead atoms. The first-order valence-electron chi connectivity index (χ1n) is 5.72. The Kier molecular flexibility index (Phi) is 4.75. The summed E-state index contributed by atoms with van der Waals surface area (Å²) in [6, 6.07) is 1.70. The Balaban J connectivity index is 2.62. The van der Waals surface area contributed by atoms with E-state index in [1.807, 2.05) is 6.92 Å². The highest BCUT2D eigenvalue weighted by Gasteiger charge is 2.14. The minimum atomic E-state index is -1.01. The van der Waals surface area contributed by atoms with Crippen LogP contribution in [0.3, 0.4) is 0 Å². The zero-order valence-corrected chi connectivity index (χ0v) is 10.2. The number of carbonyl (C=O) groups is 2. The number of nitrogens with one attached hydrogen (secondary N) is 1. The lowest BCUT2D eigenvalue weighted by Crippen LogP contribution is -2.29. The van der Waals surface area contributed by atoms with Crippen molar-refractivity contribution in [2.24, 2.45) is 0 Å². The van der Waals surface area contributed by atoms with Crippen molar-refractivity contribution in [2.75, 3.05) is 6.54 Å². The van der Waals surface area contributed by atoms with Crippen molar-refractivity contribution in [2.45, 2.75) is 33.2 Å². The second-order valence-electron chi connectivity index (χ2n) is 3.98. The van der Waals surface area contributed by atoms with E-state index < -0.39 is 5.97 Å². The molecule has 0 spiro atoms. The molecule has 94 valence electrons. The Bertz CT molecular complexity index is 410. The van der Waals surface area contributed by atoms with Crippen molar-refractivity contribution in [3.63, 3.8) is 0 Å². The average Bonchev–Trinajstić information content (AvgIpc) is 2.60. The largest absolute Gasteiger partial charge is 0.477 e. The quantitative estimate of drug-likeness (QED) is 0.736. The molecule has 1 amide bonds. The second-order valence-corrected chi connectivity index (χ2v) is 3.98. The molecular formula is C12H18N2O3. The molecule has 0 atom stereocenters. The molecule has 17 heavy (non-hydrogen) atoms. The smallest absolute Gasteiger partial charge is 0.352 e. The Morgan fingerprint density at radius 1 is 1.47 bits per heavy atom. The molecule has 1 heterocycles. The van der Waals surface area contributed by atoms with Crippen molar-refractivity contribution in [1.82, 2.24) is 9.88 Å². The molecule has 1 aromatic heterocycles. The van der Waals surface area contributed by atoms with Gasteiger partial charge in [-0.2, -0.15) is 0 Å². The van der Waals surface area contributed by atoms with Crippen LogP contribution in [0.5, 0.6) is 0 Å². The number of aromatic nitrogens is 1. The van der Waals surface area contributed by atoms with Gasteiger partial charge in [0.15, 0.2) is 0 Å². The van der Waals surface area contributed by atoms with Gasteiger partial charge in [0.1, 0.15) is 12.2 Å². The zero-order chi connectivity index (χ0) is 12.8. The molecule has 5 heteroatoms. The number of rotatable bonds is 6. The lowest BCUT2D eigenvalue weighted by Gasteiger charge is -2.07. The van der Waals surface area contributed by atoms with E-state index in [0.717, 1.165) is 12.8 Å². The van der Waals surface area contributed by atoms with Crippen LogP contribution in [0.4, 0.5) is 0 Å². The van der Waals surface area contributed by atoms with Crippen LogP contribution >= 0.6 is 0 Å². The highest BCUT2D eigenvalue weighted by atomic mass is 16.4. The van der Waals surface area contributed by atoms with Crippen molar-refractivity contribution >= 4 is 11.9 Å². The molecule has 2 N–H and O–H groups in total. The first-order valence-corrected chi connectivity index (χ1v) is 5.72. The van der Waals surface area contributed by atoms with E-state index in [4.69, 9.17) is 5.11 Å². The van der Waals surface area contributed by atoms with Crippen LogP contribution in [-0.2, 0) is 11.3 Å². The van der Waals surface area contributed by atoms with Gasteiger partial charge in [-0.25, -0.2) is 4.79 Å². The number of carbonyl (C=O) groups excluding carboxylic acids is 1. The fourth-order valence-electron chi connectivity index (χ4n) is 1.62. The van der Waals surface area contributed by atoms with Gasteiger partial charge in [0.05, 0.1) is 0 Å². The van der Waals surface area contributed by atoms with E-state index in [1.165, 1.54) is 4.57 Å². The summed E-state index contributed by atoms with van der Waals surface area (Å²) in [4.78, 5) is 22.5. The Morgan fingerprint density at radius 2 is 2.18 bits per heavy atom. The minimum Gasteiger partial charge on any atom is -0.477 e. The molecule has 0 aliphatic carbocycles. The number of amides is 1. The average molecular weight is 238 g/mol. The van der Waals surface area contributed by atoms with E-state index in [-0.39, 0.29) is 18.1 Å². The van der Waals surface area contributed by atoms with Crippen LogP contribution in [0.25, 0.3) is 0 Å². The molecule has 1 aromatic rings. The maximum Gasteiger partial charge on any atom is 0.352 e. The normalized spacial score (nSPS) is 10.2. The third-order valence-corrected chi connectivity index (χ3v) is 2.53. The van der Waals surface area contributed by atoms with Crippen LogP contribution in [0.2, 0.25) is 0 Å². The fourth-order valence-corrected chi connectivity index (χ4v) is 1.62. The Labute approximate surface area is 100 Å². The predicted octanol–water partition coefficient (Wildman–Crippen LogP) is 1.41. The number of unbranched alkanes of at least 4 members (excludes halogenated alkanes) is 1. The summed E-state index contributed by atoms with van der Waals surface area (Å²) in [5.74, 6) is -1.16. The second kappa shape index (κ2) is 6.08. The van der Waals surface area contributed by atoms with Gasteiger partial charge in [0.25, 0.3) is 0 Å². The first kappa shape index (κ1) is 13.3. The standard InChI is InChI=1S/C12H18N2O3/c1-3-4-6-13-10(15)8-14-7-5-9(2)11(14)12(16)17/h5,7H,3-4,6,8H2,1-2H3,(H,13,15)(H,16,17). The van der Waals surface area contributed by atoms with Crippen LogP contribution in [0.15, 0.2) is 12.3 Å². The van der Waals surface area contributed by atoms with Crippen LogP contribution in [0, 0.1) is 6.92 Å². The number of hydrogen-bond acceptors (Lipinski definition) is 2. The number of nitrogens with zero attached hydrogens (tertiary/aromatic N) is 1. The summed E-state index contributed by atoms with van der Waals surface area (Å²) < 4.78 is 1.46. The van der Waals surface area contributed by atoms with Gasteiger partial charge >= 0.3 is 5.97 Å². The predicted molar refractivity (Wildman–Crippen MR) is 64.0 cm³/mol. The Morgan fingerprint density at radius 3 is 2.76 bits per heavy atom. The van der Waals surface area contributed by atoms with Crippen molar-refractivity contribution in [3.8, 4) is 0 Å². The van der Waals surface area contributed by atoms with Gasteiger partial charge in [0.2, 0.25) is 5.91 Å². The zero-order valence-electron chi connectivity index (χ0n) is 10.2. The van der Waals surface area contributed by atoms with E-state index >= 15 is 0 Å². The van der Waals surface area contributed by atoms with Gasteiger partial charge in [-0.15, -0.1) is 0 Å². The molecule has 0 fully saturated rings. The number of hydrogen-bond donors (Lipinski definition) is 2. The number of aryl methyl sites for hydroxylation is 1. The maximum absolute atomic E-state index is 11.5. The molecule has 1 rings (SSSR count). The lowest BCUT2D eigenvalue weighted by atomic mass is 10.3. The first-order chi connectivity index (χ1) is 8.06. The van der Waals surface area contributed by atoms with E-state index in [9.17, 15) is 9.59 Å². The summed E-state index contributed by atoms with van der Waals surface area (Å²) in [5, 5.41) is 11.8. The molecule has 0 saturated heterocycles. The van der Waals surface area contributed by atoms with Gasteiger partial charge in [0, 0.05) is 12.7 Å². The molecule has 0 unspecified atom stereocenters. The molecular weight excluding hydrogens is 220 g/mol. The topological polar surface area (TPSA) is 71.3 Å². The van der Waals surface area contributed by atoms with Crippen molar-refractivity contribution in [1.29, 1.82) is 0 Å². The number of carboxylic acids is 1. The maximum atomic E-state index is 11.5. The molecule has 0 aliphatic heterocycles. The van der Waals surface area contributed by atoms with E-state index in [1.54, 1.807) is 19.2 Å². The van der Waals surface area contributed by atoms with Crippen LogP contribution in [-0.4, -0.2) is 28.1 Å². The van der Waals surface area contributed by atoms with Crippen molar-refractivity contribution in [3.05, 3.63) is 23.5 Å². The van der Waals surface area contributed by atoms with Gasteiger partial charge in [-0.3, -0.25) is 4.79 Å². The van der Waals surface area contributed by atoms with Crippen LogP contribution < -0.4 is 5.32 Å². The molecule has 5 nitrogen and oxygen atoms in total. The summed E-state index contributed by atoms with van der Waals surface area (Å²) in [6.07, 6.45) is 3.57. The lowest BCUT2D eigenvalue weighted by molar-refractivity contribution is -0.121. The fraction of sp³-hybridized carbons (Fsp3) is 0.500. The molecule has 0 radical (unpaired) electrons. The summed E-state index contributed by atoms with van der Waals surface area (Å²) in [7, 11) is 0. The minimum absolute atomic E-state index is 0.0547. The third kappa shape index (κ3) is 3.62. The highest BCUT2D eigenvalue weighted by Crippen LogP contribution is 2.09. The van der Waals surface area contributed by atoms with Crippen molar-refractivity contribution < 1.29 is 14.7 Å². The number of aromatic carboxylic acids is 1. The summed E-state index contributed by atoms with van der Waals surface area (Å²) in [6.45, 7) is 4.45. The molecule has 0 aliphatic rings. The van der Waals surface area contributed by atoms with Gasteiger partial charge < -0.3 is 15.0 Å². The monoisotopic (exact) mass is 238 g/mol. The number of carboxylic acid groups (broad SMARTS) is 1.